The van der Waals surface area contributed by atoms with E-state index in [2.05, 4.69) is 4.72 Å². The molecule has 2 aromatic carbocycles. The number of anilines is 1. The van der Waals surface area contributed by atoms with E-state index in [1.54, 1.807) is 61.7 Å². The first kappa shape index (κ1) is 16.0. The van der Waals surface area contributed by atoms with Gasteiger partial charge in [0.05, 0.1) is 12.0 Å². The molecule has 0 bridgehead atoms. The summed E-state index contributed by atoms with van der Waals surface area (Å²) in [5.74, 6) is 0.678. The van der Waals surface area contributed by atoms with Crippen molar-refractivity contribution in [3.05, 3.63) is 54.6 Å². The van der Waals surface area contributed by atoms with E-state index in [-0.39, 0.29) is 34.5 Å². The van der Waals surface area contributed by atoms with Gasteiger partial charge in [0.15, 0.2) is 0 Å². The zero-order valence-corrected chi connectivity index (χ0v) is 13.6. The van der Waals surface area contributed by atoms with E-state index in [9.17, 15) is 8.42 Å². The van der Waals surface area contributed by atoms with Crippen LogP contribution in [0.5, 0.6) is 5.75 Å². The van der Waals surface area contributed by atoms with Crippen molar-refractivity contribution in [1.29, 1.82) is 0 Å². The maximum absolute atomic E-state index is 12.0. The SMILES string of the molecule is COc1ccc(NS(=O)(=O)c2ccccc2)cc1.[Na+]. The Hall–Kier alpha value is -1.01. The average Bonchev–Trinajstić information content (AvgIpc) is 2.40. The number of hydrogen-bond acceptors (Lipinski definition) is 3. The molecular weight excluding hydrogens is 273 g/mol. The fraction of sp³-hybridized carbons (Fsp3) is 0.0769. The Balaban J connectivity index is 0.00000180. The predicted octanol–water partition coefficient (Wildman–Crippen LogP) is -0.500. The van der Waals surface area contributed by atoms with Gasteiger partial charge < -0.3 is 4.74 Å². The molecule has 0 aliphatic heterocycles. The minimum Gasteiger partial charge on any atom is -0.497 e. The smallest absolute Gasteiger partial charge is 0.497 e. The maximum Gasteiger partial charge on any atom is 1.00 e. The zero-order valence-electron chi connectivity index (χ0n) is 10.8. The fourth-order valence-electron chi connectivity index (χ4n) is 1.47. The number of rotatable bonds is 4. The van der Waals surface area contributed by atoms with Crippen LogP contribution in [0.1, 0.15) is 0 Å². The molecule has 0 amide bonds. The maximum atomic E-state index is 12.0. The van der Waals surface area contributed by atoms with E-state index in [1.165, 1.54) is 0 Å². The molecule has 0 unspecified atom stereocenters. The number of methoxy groups -OCH3 is 1. The molecule has 6 heteroatoms. The second-order valence-electron chi connectivity index (χ2n) is 3.65. The van der Waals surface area contributed by atoms with Crippen LogP contribution in [0.4, 0.5) is 5.69 Å². The third kappa shape index (κ3) is 4.24. The summed E-state index contributed by atoms with van der Waals surface area (Å²) in [4.78, 5) is 0.237. The monoisotopic (exact) mass is 286 g/mol. The molecule has 0 aliphatic rings. The Kier molecular flexibility index (Phi) is 5.87. The molecule has 19 heavy (non-hydrogen) atoms. The first-order valence-electron chi connectivity index (χ1n) is 5.34. The van der Waals surface area contributed by atoms with Crippen molar-refractivity contribution in [3.63, 3.8) is 0 Å². The van der Waals surface area contributed by atoms with Crippen molar-refractivity contribution < 1.29 is 42.7 Å². The van der Waals surface area contributed by atoms with Gasteiger partial charge >= 0.3 is 29.6 Å². The van der Waals surface area contributed by atoms with Crippen LogP contribution in [0.25, 0.3) is 0 Å². The molecule has 0 spiro atoms. The summed E-state index contributed by atoms with van der Waals surface area (Å²) < 4.78 is 31.5. The van der Waals surface area contributed by atoms with E-state index < -0.39 is 10.0 Å². The molecule has 2 aromatic rings. The van der Waals surface area contributed by atoms with Gasteiger partial charge in [-0.2, -0.15) is 0 Å². The van der Waals surface area contributed by atoms with Crippen molar-refractivity contribution in [2.24, 2.45) is 0 Å². The predicted molar refractivity (Wildman–Crippen MR) is 70.2 cm³/mol. The number of sulfonamides is 1. The minimum atomic E-state index is -3.52. The molecular formula is C13H13NNaO3S+. The van der Waals surface area contributed by atoms with Crippen LogP contribution in [0, 0.1) is 0 Å². The van der Waals surface area contributed by atoms with Crippen LogP contribution in [0.2, 0.25) is 0 Å². The topological polar surface area (TPSA) is 55.4 Å². The molecule has 0 heterocycles. The van der Waals surface area contributed by atoms with Gasteiger partial charge in [-0.1, -0.05) is 18.2 Å². The fourth-order valence-corrected chi connectivity index (χ4v) is 2.55. The Morgan fingerprint density at radius 1 is 0.947 bits per heavy atom. The molecule has 4 nitrogen and oxygen atoms in total. The molecule has 0 fully saturated rings. The molecule has 2 rings (SSSR count). The molecule has 0 radical (unpaired) electrons. The van der Waals surface area contributed by atoms with Crippen molar-refractivity contribution >= 4 is 15.7 Å². The zero-order chi connectivity index (χ0) is 13.0. The van der Waals surface area contributed by atoms with Crippen LogP contribution < -0.4 is 39.0 Å². The van der Waals surface area contributed by atoms with E-state index >= 15 is 0 Å². The van der Waals surface area contributed by atoms with Gasteiger partial charge in [0.25, 0.3) is 10.0 Å². The van der Waals surface area contributed by atoms with Crippen LogP contribution >= 0.6 is 0 Å². The quantitative estimate of drug-likeness (QED) is 0.771. The number of hydrogen-bond donors (Lipinski definition) is 1. The van der Waals surface area contributed by atoms with Crippen LogP contribution in [0.3, 0.4) is 0 Å². The van der Waals surface area contributed by atoms with Crippen molar-refractivity contribution in [2.75, 3.05) is 11.8 Å². The molecule has 0 saturated heterocycles. The van der Waals surface area contributed by atoms with E-state index in [1.807, 2.05) is 0 Å². The van der Waals surface area contributed by atoms with E-state index in [0.717, 1.165) is 0 Å². The van der Waals surface area contributed by atoms with Crippen LogP contribution in [0.15, 0.2) is 59.5 Å². The standard InChI is InChI=1S/C13H13NO3S.Na/c1-17-12-9-7-11(8-10-12)14-18(15,16)13-5-3-2-4-6-13;/h2-10,14H,1H3;/q;+1. The number of ether oxygens (including phenoxy) is 1. The Morgan fingerprint density at radius 3 is 2.05 bits per heavy atom. The Labute approximate surface area is 135 Å². The summed E-state index contributed by atoms with van der Waals surface area (Å²) in [5, 5.41) is 0. The van der Waals surface area contributed by atoms with Gasteiger partial charge in [0, 0.05) is 5.69 Å². The van der Waals surface area contributed by atoms with Gasteiger partial charge in [-0.25, -0.2) is 8.42 Å². The van der Waals surface area contributed by atoms with Gasteiger partial charge in [-0.3, -0.25) is 4.72 Å². The normalized spacial score (nSPS) is 10.4. The largest absolute Gasteiger partial charge is 1.00 e. The van der Waals surface area contributed by atoms with E-state index in [4.69, 9.17) is 4.74 Å². The number of nitrogens with one attached hydrogen (secondary N) is 1. The minimum absolute atomic E-state index is 0. The summed E-state index contributed by atoms with van der Waals surface area (Å²) in [6.07, 6.45) is 0. The summed E-state index contributed by atoms with van der Waals surface area (Å²) in [5.41, 5.74) is 0.500. The average molecular weight is 286 g/mol. The summed E-state index contributed by atoms with van der Waals surface area (Å²) >= 11 is 0. The molecule has 0 saturated carbocycles. The number of benzene rings is 2. The van der Waals surface area contributed by atoms with Crippen molar-refractivity contribution in [1.82, 2.24) is 0 Å². The van der Waals surface area contributed by atoms with Gasteiger partial charge in [-0.15, -0.1) is 0 Å². The summed E-state index contributed by atoms with van der Waals surface area (Å²) in [6.45, 7) is 0. The molecule has 94 valence electrons. The third-order valence-corrected chi connectivity index (χ3v) is 3.79. The summed E-state index contributed by atoms with van der Waals surface area (Å²) in [6, 6.07) is 14.9. The van der Waals surface area contributed by atoms with Gasteiger partial charge in [-0.05, 0) is 36.4 Å². The molecule has 0 aliphatic carbocycles. The van der Waals surface area contributed by atoms with Crippen molar-refractivity contribution in [2.45, 2.75) is 4.90 Å². The summed E-state index contributed by atoms with van der Waals surface area (Å²) in [7, 11) is -1.97. The van der Waals surface area contributed by atoms with E-state index in [0.29, 0.717) is 11.4 Å². The van der Waals surface area contributed by atoms with Gasteiger partial charge in [0.2, 0.25) is 0 Å². The first-order valence-corrected chi connectivity index (χ1v) is 6.82. The molecule has 0 atom stereocenters. The Bertz CT molecular complexity index is 612. The van der Waals surface area contributed by atoms with Gasteiger partial charge in [0.1, 0.15) is 5.75 Å². The molecule has 0 aromatic heterocycles. The third-order valence-electron chi connectivity index (χ3n) is 2.40. The second kappa shape index (κ2) is 6.96. The second-order valence-corrected chi connectivity index (χ2v) is 5.33. The van der Waals surface area contributed by atoms with Crippen LogP contribution in [-0.2, 0) is 10.0 Å². The van der Waals surface area contributed by atoms with Crippen LogP contribution in [-0.4, -0.2) is 15.5 Å². The van der Waals surface area contributed by atoms with Crippen molar-refractivity contribution in [3.8, 4) is 5.75 Å². The Morgan fingerprint density at radius 2 is 1.53 bits per heavy atom. The molecule has 1 N–H and O–H groups in total. The first-order chi connectivity index (χ1) is 8.62.